The van der Waals surface area contributed by atoms with Crippen LogP contribution >= 0.6 is 0 Å². The van der Waals surface area contributed by atoms with Crippen molar-refractivity contribution in [2.24, 2.45) is 4.99 Å². The smallest absolute Gasteiger partial charge is 0.216 e. The summed E-state index contributed by atoms with van der Waals surface area (Å²) in [5.74, 6) is 1.89. The lowest BCUT2D eigenvalue weighted by Crippen LogP contribution is -2.52. The lowest BCUT2D eigenvalue weighted by Gasteiger charge is -2.34. The molecule has 1 aromatic carbocycles. The molecule has 3 N–H and O–H groups in total. The van der Waals surface area contributed by atoms with E-state index in [9.17, 15) is 5.11 Å². The van der Waals surface area contributed by atoms with Gasteiger partial charge >= 0.3 is 0 Å². The molecule has 1 atom stereocenters. The molecule has 0 aliphatic carbocycles. The molecule has 1 aliphatic rings. The molecule has 30 heavy (non-hydrogen) atoms. The molecule has 1 aliphatic heterocycles. The average Bonchev–Trinajstić information content (AvgIpc) is 3.20. The molecule has 8 heteroatoms. The average molecular weight is 416 g/mol. The summed E-state index contributed by atoms with van der Waals surface area (Å²) in [7, 11) is 0. The maximum Gasteiger partial charge on any atom is 0.216 e. The molecule has 0 saturated carbocycles. The molecular weight excluding hydrogens is 382 g/mol. The Morgan fingerprint density at radius 3 is 2.67 bits per heavy atom. The minimum absolute atomic E-state index is 0.312. The van der Waals surface area contributed by atoms with Gasteiger partial charge in [0, 0.05) is 38.3 Å². The summed E-state index contributed by atoms with van der Waals surface area (Å²) in [5, 5.41) is 17.2. The Morgan fingerprint density at radius 2 is 1.97 bits per heavy atom. The number of aliphatic imine (C=N–C) groups is 1. The van der Waals surface area contributed by atoms with Gasteiger partial charge in [0.15, 0.2) is 11.7 Å². The third kappa shape index (κ3) is 6.83. The number of aliphatic hydroxyl groups is 1. The van der Waals surface area contributed by atoms with Crippen molar-refractivity contribution in [3.63, 3.8) is 0 Å². The quantitative estimate of drug-likeness (QED) is 0.447. The number of rotatable bonds is 8. The molecule has 2 heterocycles. The zero-order chi connectivity index (χ0) is 21.4. The largest absolute Gasteiger partial charge is 0.439 e. The van der Waals surface area contributed by atoms with Crippen LogP contribution in [0.5, 0.6) is 0 Å². The number of β-amino-alcohol motifs (C(OH)–C–C–N with tert-alkyl or cyclic N) is 1. The highest BCUT2D eigenvalue weighted by Gasteiger charge is 2.25. The Labute approximate surface area is 178 Å². The molecule has 1 fully saturated rings. The van der Waals surface area contributed by atoms with Crippen LogP contribution in [0, 0.1) is 6.92 Å². The van der Waals surface area contributed by atoms with Crippen molar-refractivity contribution in [2.45, 2.75) is 32.9 Å². The number of aromatic nitrogens is 1. The molecule has 0 amide bonds. The number of hydrogen-bond donors (Lipinski definition) is 3. The molecule has 0 radical (unpaired) electrons. The lowest BCUT2D eigenvalue weighted by atomic mass is 10.1. The Bertz CT molecular complexity index is 810. The summed E-state index contributed by atoms with van der Waals surface area (Å²) < 4.78 is 11.2. The third-order valence-electron chi connectivity index (χ3n) is 4.91. The Balaban J connectivity index is 1.55. The number of morpholine rings is 1. The van der Waals surface area contributed by atoms with Crippen molar-refractivity contribution in [1.82, 2.24) is 20.5 Å². The van der Waals surface area contributed by atoms with E-state index in [1.807, 2.05) is 38.1 Å². The summed E-state index contributed by atoms with van der Waals surface area (Å²) in [6.45, 7) is 11.0. The molecule has 1 saturated heterocycles. The molecule has 164 valence electrons. The van der Waals surface area contributed by atoms with E-state index in [4.69, 9.17) is 9.15 Å². The fourth-order valence-corrected chi connectivity index (χ4v) is 3.29. The van der Waals surface area contributed by atoms with Gasteiger partial charge in [0.1, 0.15) is 6.54 Å². The normalized spacial score (nSPS) is 17.5. The molecule has 0 bridgehead atoms. The second kappa shape index (κ2) is 10.6. The number of nitrogens with one attached hydrogen (secondary N) is 2. The van der Waals surface area contributed by atoms with Gasteiger partial charge in [0.25, 0.3) is 0 Å². The van der Waals surface area contributed by atoms with E-state index in [0.29, 0.717) is 44.7 Å². The fourth-order valence-electron chi connectivity index (χ4n) is 3.29. The van der Waals surface area contributed by atoms with Crippen molar-refractivity contribution in [2.75, 3.05) is 45.9 Å². The zero-order valence-electron chi connectivity index (χ0n) is 18.1. The Morgan fingerprint density at radius 1 is 1.23 bits per heavy atom. The van der Waals surface area contributed by atoms with E-state index in [-0.39, 0.29) is 0 Å². The number of benzene rings is 1. The van der Waals surface area contributed by atoms with Crippen molar-refractivity contribution in [1.29, 1.82) is 0 Å². The van der Waals surface area contributed by atoms with Gasteiger partial charge in [-0.15, -0.1) is 0 Å². The van der Waals surface area contributed by atoms with E-state index >= 15 is 0 Å². The summed E-state index contributed by atoms with van der Waals surface area (Å²) >= 11 is 0. The first-order chi connectivity index (χ1) is 14.4. The van der Waals surface area contributed by atoms with Gasteiger partial charge in [0.2, 0.25) is 5.89 Å². The number of guanidine groups is 1. The highest BCUT2D eigenvalue weighted by molar-refractivity contribution is 5.79. The number of nitrogens with zero attached hydrogens (tertiary/aromatic N) is 3. The van der Waals surface area contributed by atoms with E-state index in [1.54, 1.807) is 6.20 Å². The highest BCUT2D eigenvalue weighted by atomic mass is 16.5. The fraction of sp³-hybridized carbons (Fsp3) is 0.545. The van der Waals surface area contributed by atoms with Crippen LogP contribution in [-0.2, 0) is 11.3 Å². The van der Waals surface area contributed by atoms with Crippen molar-refractivity contribution >= 4 is 5.96 Å². The molecule has 0 spiro atoms. The molecular formula is C22H33N5O3. The minimum Gasteiger partial charge on any atom is -0.439 e. The van der Waals surface area contributed by atoms with Crippen molar-refractivity contribution in [3.8, 4) is 11.3 Å². The predicted octanol–water partition coefficient (Wildman–Crippen LogP) is 1.79. The van der Waals surface area contributed by atoms with Gasteiger partial charge in [-0.1, -0.05) is 29.8 Å². The minimum atomic E-state index is -0.880. The lowest BCUT2D eigenvalue weighted by molar-refractivity contribution is -0.0201. The highest BCUT2D eigenvalue weighted by Crippen LogP contribution is 2.21. The van der Waals surface area contributed by atoms with E-state index in [2.05, 4.69) is 32.4 Å². The topological polar surface area (TPSA) is 95.2 Å². The molecule has 1 unspecified atom stereocenters. The third-order valence-corrected chi connectivity index (χ3v) is 4.91. The summed E-state index contributed by atoms with van der Waals surface area (Å²) in [4.78, 5) is 11.1. The first-order valence-electron chi connectivity index (χ1n) is 10.5. The molecule has 2 aromatic rings. The monoisotopic (exact) mass is 415 g/mol. The first kappa shape index (κ1) is 22.3. The van der Waals surface area contributed by atoms with Crippen molar-refractivity contribution in [3.05, 3.63) is 41.9 Å². The standard InChI is InChI=1S/C22H33N5O3/c1-4-23-21(26-15-22(3,28)16-27-9-11-29-12-10-27)25-14-20-24-13-19(30-20)18-7-5-17(2)6-8-18/h5-8,13,28H,4,9-12,14-16H2,1-3H3,(H2,23,25,26). The predicted molar refractivity (Wildman–Crippen MR) is 117 cm³/mol. The van der Waals surface area contributed by atoms with Crippen LogP contribution in [-0.4, -0.2) is 72.5 Å². The summed E-state index contributed by atoms with van der Waals surface area (Å²) in [6.07, 6.45) is 1.73. The van der Waals surface area contributed by atoms with Gasteiger partial charge in [-0.2, -0.15) is 0 Å². The number of ether oxygens (including phenoxy) is 1. The van der Waals surface area contributed by atoms with Crippen LogP contribution in [0.2, 0.25) is 0 Å². The summed E-state index contributed by atoms with van der Waals surface area (Å²) in [5.41, 5.74) is 1.32. The maximum atomic E-state index is 10.8. The van der Waals surface area contributed by atoms with Gasteiger partial charge in [0.05, 0.1) is 25.0 Å². The van der Waals surface area contributed by atoms with Gasteiger partial charge in [-0.25, -0.2) is 9.98 Å². The SMILES string of the molecule is CCNC(=NCc1ncc(-c2ccc(C)cc2)o1)NCC(C)(O)CN1CCOCC1. The number of aryl methyl sites for hydroxylation is 1. The van der Waals surface area contributed by atoms with Crippen molar-refractivity contribution < 1.29 is 14.3 Å². The second-order valence-corrected chi connectivity index (χ2v) is 7.92. The van der Waals surface area contributed by atoms with E-state index in [1.165, 1.54) is 5.56 Å². The van der Waals surface area contributed by atoms with Gasteiger partial charge < -0.3 is 24.9 Å². The summed E-state index contributed by atoms with van der Waals surface area (Å²) in [6, 6.07) is 8.13. The first-order valence-corrected chi connectivity index (χ1v) is 10.5. The van der Waals surface area contributed by atoms with Gasteiger partial charge in [-0.3, -0.25) is 4.90 Å². The number of oxazole rings is 1. The maximum absolute atomic E-state index is 10.8. The Hall–Kier alpha value is -2.42. The van der Waals surface area contributed by atoms with E-state index in [0.717, 1.165) is 31.0 Å². The van der Waals surface area contributed by atoms with E-state index < -0.39 is 5.60 Å². The Kier molecular flexibility index (Phi) is 7.84. The molecule has 1 aromatic heterocycles. The van der Waals surface area contributed by atoms with Crippen LogP contribution in [0.4, 0.5) is 0 Å². The number of hydrogen-bond acceptors (Lipinski definition) is 6. The van der Waals surface area contributed by atoms with Crippen LogP contribution in [0.1, 0.15) is 25.3 Å². The van der Waals surface area contributed by atoms with Crippen LogP contribution in [0.3, 0.4) is 0 Å². The van der Waals surface area contributed by atoms with Gasteiger partial charge in [-0.05, 0) is 20.8 Å². The second-order valence-electron chi connectivity index (χ2n) is 7.92. The molecule has 8 nitrogen and oxygen atoms in total. The zero-order valence-corrected chi connectivity index (χ0v) is 18.1. The molecule has 3 rings (SSSR count). The van der Waals surface area contributed by atoms with Crippen LogP contribution in [0.25, 0.3) is 11.3 Å². The van der Waals surface area contributed by atoms with Crippen LogP contribution < -0.4 is 10.6 Å². The van der Waals surface area contributed by atoms with Crippen LogP contribution in [0.15, 0.2) is 39.9 Å².